The fraction of sp³-hybridized carbons (Fsp3) is 0.0909. The molecule has 8 heteroatoms. The van der Waals surface area contributed by atoms with Crippen LogP contribution < -0.4 is 10.1 Å². The van der Waals surface area contributed by atoms with Gasteiger partial charge in [0.1, 0.15) is 17.9 Å². The Hall–Kier alpha value is -2.51. The second-order valence-corrected chi connectivity index (χ2v) is 3.55. The predicted octanol–water partition coefficient (Wildman–Crippen LogP) is 2.86. The number of anilines is 2. The summed E-state index contributed by atoms with van der Waals surface area (Å²) in [5.41, 5.74) is 0.330. The minimum absolute atomic E-state index is 0.0590. The van der Waals surface area contributed by atoms with Crippen molar-refractivity contribution in [2.45, 2.75) is 6.36 Å². The Labute approximate surface area is 105 Å². The quantitative estimate of drug-likeness (QED) is 0.839. The summed E-state index contributed by atoms with van der Waals surface area (Å²) in [6.45, 7) is 0. The molecular weight excluding hydrogens is 263 g/mol. The molecule has 0 amide bonds. The van der Waals surface area contributed by atoms with Crippen LogP contribution in [0.1, 0.15) is 10.4 Å². The van der Waals surface area contributed by atoms with Crippen molar-refractivity contribution in [3.05, 3.63) is 36.0 Å². The van der Waals surface area contributed by atoms with Crippen molar-refractivity contribution in [2.24, 2.45) is 0 Å². The van der Waals surface area contributed by atoms with Crippen molar-refractivity contribution in [3.8, 4) is 5.75 Å². The number of hydrogen-bond donors (Lipinski definition) is 2. The van der Waals surface area contributed by atoms with Crippen LogP contribution in [0.25, 0.3) is 0 Å². The maximum Gasteiger partial charge on any atom is 0.573 e. The van der Waals surface area contributed by atoms with Crippen LogP contribution in [0.2, 0.25) is 0 Å². The number of aromatic amines is 1. The van der Waals surface area contributed by atoms with E-state index in [0.717, 1.165) is 12.1 Å². The highest BCUT2D eigenvalue weighted by Crippen LogP contribution is 2.27. The number of aldehydes is 1. The molecule has 0 atom stereocenters. The molecule has 100 valence electrons. The molecule has 0 bridgehead atoms. The number of rotatable bonds is 4. The number of ether oxygens (including phenoxy) is 1. The lowest BCUT2D eigenvalue weighted by atomic mass is 10.2. The van der Waals surface area contributed by atoms with Crippen LogP contribution in [0, 0.1) is 0 Å². The molecule has 2 N–H and O–H groups in total. The van der Waals surface area contributed by atoms with Crippen LogP contribution in [0.15, 0.2) is 30.5 Å². The highest BCUT2D eigenvalue weighted by atomic mass is 19.4. The number of carbonyl (C=O) groups is 1. The number of nitrogens with zero attached hydrogens (tertiary/aromatic N) is 1. The minimum Gasteiger partial charge on any atom is -0.406 e. The molecule has 19 heavy (non-hydrogen) atoms. The van der Waals surface area contributed by atoms with Crippen LogP contribution in [0.5, 0.6) is 5.75 Å². The maximum atomic E-state index is 12.1. The van der Waals surface area contributed by atoms with E-state index in [4.69, 9.17) is 0 Å². The zero-order valence-corrected chi connectivity index (χ0v) is 9.36. The van der Waals surface area contributed by atoms with Crippen molar-refractivity contribution in [1.82, 2.24) is 10.2 Å². The Morgan fingerprint density at radius 2 is 2.11 bits per heavy atom. The SMILES string of the molecule is O=Cc1cc(Nc2ccn[nH]2)cc(OC(F)(F)F)c1. The van der Waals surface area contributed by atoms with Crippen molar-refractivity contribution in [3.63, 3.8) is 0 Å². The molecule has 0 saturated heterocycles. The lowest BCUT2D eigenvalue weighted by molar-refractivity contribution is -0.274. The molecule has 0 aliphatic carbocycles. The first-order valence-electron chi connectivity index (χ1n) is 5.09. The number of hydrogen-bond acceptors (Lipinski definition) is 4. The molecule has 5 nitrogen and oxygen atoms in total. The number of nitrogens with one attached hydrogen (secondary N) is 2. The number of alkyl halides is 3. The second-order valence-electron chi connectivity index (χ2n) is 3.55. The van der Waals surface area contributed by atoms with Gasteiger partial charge in [-0.05, 0) is 12.1 Å². The van der Waals surface area contributed by atoms with Gasteiger partial charge in [-0.25, -0.2) is 0 Å². The van der Waals surface area contributed by atoms with E-state index in [9.17, 15) is 18.0 Å². The van der Waals surface area contributed by atoms with Crippen LogP contribution >= 0.6 is 0 Å². The summed E-state index contributed by atoms with van der Waals surface area (Å²) >= 11 is 0. The summed E-state index contributed by atoms with van der Waals surface area (Å²) in [7, 11) is 0. The van der Waals surface area contributed by atoms with Gasteiger partial charge in [-0.15, -0.1) is 13.2 Å². The third-order valence-corrected chi connectivity index (χ3v) is 2.08. The van der Waals surface area contributed by atoms with E-state index in [1.807, 2.05) is 0 Å². The molecule has 0 fully saturated rings. The smallest absolute Gasteiger partial charge is 0.406 e. The highest BCUT2D eigenvalue weighted by molar-refractivity contribution is 5.79. The van der Waals surface area contributed by atoms with Crippen molar-refractivity contribution < 1.29 is 22.7 Å². The Kier molecular flexibility index (Phi) is 3.41. The molecule has 0 unspecified atom stereocenters. The summed E-state index contributed by atoms with van der Waals surface area (Å²) in [6, 6.07) is 5.09. The van der Waals surface area contributed by atoms with Gasteiger partial charge in [-0.2, -0.15) is 5.10 Å². The molecule has 1 heterocycles. The van der Waals surface area contributed by atoms with Crippen molar-refractivity contribution in [1.29, 1.82) is 0 Å². The molecular formula is C11H8F3N3O2. The number of aromatic nitrogens is 2. The summed E-state index contributed by atoms with van der Waals surface area (Å²) in [6.07, 6.45) is -2.91. The van der Waals surface area contributed by atoms with E-state index in [2.05, 4.69) is 20.3 Å². The van der Waals surface area contributed by atoms with E-state index in [0.29, 0.717) is 12.1 Å². The van der Waals surface area contributed by atoms with Crippen molar-refractivity contribution >= 4 is 17.8 Å². The van der Waals surface area contributed by atoms with Gasteiger partial charge >= 0.3 is 6.36 Å². The lowest BCUT2D eigenvalue weighted by Gasteiger charge is -2.11. The van der Waals surface area contributed by atoms with Gasteiger partial charge in [-0.3, -0.25) is 9.89 Å². The van der Waals surface area contributed by atoms with E-state index in [-0.39, 0.29) is 11.3 Å². The van der Waals surface area contributed by atoms with Crippen LogP contribution in [0.4, 0.5) is 24.7 Å². The maximum absolute atomic E-state index is 12.1. The Morgan fingerprint density at radius 3 is 2.68 bits per heavy atom. The van der Waals surface area contributed by atoms with E-state index in [1.165, 1.54) is 12.3 Å². The zero-order valence-electron chi connectivity index (χ0n) is 9.36. The average molecular weight is 271 g/mol. The number of benzene rings is 1. The van der Waals surface area contributed by atoms with Gasteiger partial charge in [0.2, 0.25) is 0 Å². The molecule has 0 radical (unpaired) electrons. The first-order valence-corrected chi connectivity index (χ1v) is 5.09. The third-order valence-electron chi connectivity index (χ3n) is 2.08. The zero-order chi connectivity index (χ0) is 13.9. The number of halogens is 3. The van der Waals surface area contributed by atoms with Gasteiger partial charge in [0.15, 0.2) is 0 Å². The van der Waals surface area contributed by atoms with Gasteiger partial charge in [0.05, 0.1) is 6.20 Å². The van der Waals surface area contributed by atoms with Crippen LogP contribution in [-0.2, 0) is 0 Å². The normalized spacial score (nSPS) is 11.1. The Bertz CT molecular complexity index is 567. The van der Waals surface area contributed by atoms with Gasteiger partial charge in [0, 0.05) is 23.4 Å². The average Bonchev–Trinajstić information content (AvgIpc) is 2.79. The highest BCUT2D eigenvalue weighted by Gasteiger charge is 2.31. The predicted molar refractivity (Wildman–Crippen MR) is 60.4 cm³/mol. The third kappa shape index (κ3) is 3.73. The van der Waals surface area contributed by atoms with Gasteiger partial charge in [-0.1, -0.05) is 0 Å². The topological polar surface area (TPSA) is 67.0 Å². The fourth-order valence-electron chi connectivity index (χ4n) is 1.44. The van der Waals surface area contributed by atoms with Crippen LogP contribution in [0.3, 0.4) is 0 Å². The number of carbonyl (C=O) groups excluding carboxylic acids is 1. The Balaban J connectivity index is 2.28. The van der Waals surface area contributed by atoms with Crippen LogP contribution in [-0.4, -0.2) is 22.8 Å². The first kappa shape index (κ1) is 12.9. The summed E-state index contributed by atoms with van der Waals surface area (Å²) < 4.78 is 40.2. The molecule has 0 aliphatic heterocycles. The van der Waals surface area contributed by atoms with E-state index < -0.39 is 12.1 Å². The first-order chi connectivity index (χ1) is 8.96. The molecule has 2 aromatic rings. The van der Waals surface area contributed by atoms with Gasteiger partial charge in [0.25, 0.3) is 0 Å². The summed E-state index contributed by atoms with van der Waals surface area (Å²) in [4.78, 5) is 10.7. The lowest BCUT2D eigenvalue weighted by Crippen LogP contribution is -2.17. The largest absolute Gasteiger partial charge is 0.573 e. The molecule has 0 spiro atoms. The fourth-order valence-corrected chi connectivity index (χ4v) is 1.44. The molecule has 0 aliphatic rings. The molecule has 1 aromatic heterocycles. The molecule has 0 saturated carbocycles. The summed E-state index contributed by atoms with van der Waals surface area (Å²) in [5.74, 6) is 0.000114. The number of H-pyrrole nitrogens is 1. The second kappa shape index (κ2) is 5.01. The van der Waals surface area contributed by atoms with E-state index in [1.54, 1.807) is 6.07 Å². The standard InChI is InChI=1S/C11H8F3N3O2/c12-11(13,14)19-9-4-7(6-18)3-8(5-9)16-10-1-2-15-17-10/h1-6H,(H2,15,16,17). The van der Waals surface area contributed by atoms with Crippen molar-refractivity contribution in [2.75, 3.05) is 5.32 Å². The van der Waals surface area contributed by atoms with Gasteiger partial charge < -0.3 is 10.1 Å². The monoisotopic (exact) mass is 271 g/mol. The molecule has 1 aromatic carbocycles. The van der Waals surface area contributed by atoms with E-state index >= 15 is 0 Å². The Morgan fingerprint density at radius 1 is 1.32 bits per heavy atom. The summed E-state index contributed by atoms with van der Waals surface area (Å²) in [5, 5.41) is 9.01. The minimum atomic E-state index is -4.81. The molecule has 2 rings (SSSR count).